The summed E-state index contributed by atoms with van der Waals surface area (Å²) in [5.41, 5.74) is 3.05. The van der Waals surface area contributed by atoms with Gasteiger partial charge < -0.3 is 19.3 Å². The fourth-order valence-electron chi connectivity index (χ4n) is 5.09. The summed E-state index contributed by atoms with van der Waals surface area (Å²) in [7, 11) is 25.5. The van der Waals surface area contributed by atoms with Crippen LogP contribution in [0, 0.1) is 0 Å². The van der Waals surface area contributed by atoms with Gasteiger partial charge in [-0.25, -0.2) is 0 Å². The molecule has 3 aliphatic rings. The van der Waals surface area contributed by atoms with Crippen LogP contribution >= 0.6 is 0 Å². The lowest BCUT2D eigenvalue weighted by atomic mass is 9.72. The van der Waals surface area contributed by atoms with Crippen LogP contribution in [0.25, 0.3) is 0 Å². The highest BCUT2D eigenvalue weighted by Gasteiger charge is 2.40. The lowest BCUT2D eigenvalue weighted by Crippen LogP contribution is -2.52. The largest absolute Gasteiger partial charge is 0.496 e. The standard InChI is InChI=1S/C25H23B4N3O5/c26-17-11-15(18(27)10-14(17)22(28)31-6-8-36-9-7-31)23(29)37-20-3-1-2-13-16(20)12-32(25(13)35)19-4-5-21(33)30-24(19)34/h1-3,10-11,19,22-23H,4-9,12H2,(H,30,33,34). The van der Waals surface area contributed by atoms with Gasteiger partial charge in [-0.2, -0.15) is 0 Å². The molecule has 8 radical (unpaired) electrons. The fraction of sp³-hybridized carbons (Fsp3) is 0.400. The number of nitrogens with zero attached hydrogens (tertiary/aromatic N) is 2. The van der Waals surface area contributed by atoms with Gasteiger partial charge in [0.2, 0.25) is 11.8 Å². The Balaban J connectivity index is 1.35. The van der Waals surface area contributed by atoms with E-state index in [0.29, 0.717) is 65.2 Å². The monoisotopic (exact) mass is 489 g/mol. The molecule has 3 aliphatic heterocycles. The van der Waals surface area contributed by atoms with Crippen molar-refractivity contribution in [2.45, 2.75) is 37.4 Å². The molecule has 1 N–H and O–H groups in total. The van der Waals surface area contributed by atoms with Crippen molar-refractivity contribution < 1.29 is 23.9 Å². The SMILES string of the molecule is [B]c1cc(C([B])N2CCOCC2)c([B])cc1C([B])Oc1cccc2c1CN(C1CCC(=O)NC1=O)C2=O. The van der Waals surface area contributed by atoms with Gasteiger partial charge in [0, 0.05) is 30.6 Å². The minimum Gasteiger partial charge on any atom is -0.496 e. The lowest BCUT2D eigenvalue weighted by molar-refractivity contribution is -0.136. The van der Waals surface area contributed by atoms with Crippen molar-refractivity contribution in [1.29, 1.82) is 0 Å². The lowest BCUT2D eigenvalue weighted by Gasteiger charge is -2.34. The molecule has 5 rings (SSSR count). The van der Waals surface area contributed by atoms with Crippen LogP contribution in [0.1, 0.15) is 51.8 Å². The number of carbonyl (C=O) groups excluding carboxylic acids is 3. The second kappa shape index (κ2) is 10.4. The van der Waals surface area contributed by atoms with Crippen molar-refractivity contribution in [3.63, 3.8) is 0 Å². The van der Waals surface area contributed by atoms with Crippen LogP contribution in [0.4, 0.5) is 0 Å². The van der Waals surface area contributed by atoms with Crippen LogP contribution in [0.2, 0.25) is 0 Å². The quantitative estimate of drug-likeness (QED) is 0.405. The number of amides is 3. The third kappa shape index (κ3) is 4.97. The Labute approximate surface area is 221 Å². The van der Waals surface area contributed by atoms with Gasteiger partial charge in [0.25, 0.3) is 5.91 Å². The topological polar surface area (TPSA) is 88.2 Å². The zero-order valence-electron chi connectivity index (χ0n) is 20.3. The van der Waals surface area contributed by atoms with Crippen LogP contribution in [-0.2, 0) is 20.9 Å². The van der Waals surface area contributed by atoms with Crippen molar-refractivity contribution >= 4 is 60.0 Å². The van der Waals surface area contributed by atoms with E-state index in [2.05, 4.69) is 10.2 Å². The molecule has 2 aromatic rings. The number of morpholine rings is 1. The first kappa shape index (κ1) is 25.7. The minimum atomic E-state index is -0.970. The van der Waals surface area contributed by atoms with Gasteiger partial charge in [-0.3, -0.25) is 19.7 Å². The molecular formula is C25H23B4N3O5. The molecule has 3 amide bonds. The maximum absolute atomic E-state index is 13.1. The molecule has 8 nitrogen and oxygen atoms in total. The summed E-state index contributed by atoms with van der Waals surface area (Å²) in [6.45, 7) is 2.75. The Morgan fingerprint density at radius 3 is 2.46 bits per heavy atom. The average molecular weight is 489 g/mol. The van der Waals surface area contributed by atoms with Gasteiger partial charge in [0.15, 0.2) is 0 Å². The second-order valence-corrected chi connectivity index (χ2v) is 9.42. The van der Waals surface area contributed by atoms with Gasteiger partial charge in [0.05, 0.1) is 33.6 Å². The Kier molecular flexibility index (Phi) is 7.23. The molecule has 2 aromatic carbocycles. The Hall–Kier alpha value is -2.97. The van der Waals surface area contributed by atoms with E-state index >= 15 is 0 Å². The van der Waals surface area contributed by atoms with Crippen LogP contribution < -0.4 is 21.0 Å². The molecule has 0 aliphatic carbocycles. The molecule has 2 fully saturated rings. The van der Waals surface area contributed by atoms with Crippen molar-refractivity contribution in [3.05, 3.63) is 52.6 Å². The summed E-state index contributed by atoms with van der Waals surface area (Å²) in [5.74, 6) is -1.14. The number of carbonyl (C=O) groups is 3. The Morgan fingerprint density at radius 2 is 1.73 bits per heavy atom. The summed E-state index contributed by atoms with van der Waals surface area (Å²) < 4.78 is 11.5. The zero-order chi connectivity index (χ0) is 26.3. The van der Waals surface area contributed by atoms with Gasteiger partial charge >= 0.3 is 0 Å². The summed E-state index contributed by atoms with van der Waals surface area (Å²) in [6.07, 6.45) is 0.450. The second-order valence-electron chi connectivity index (χ2n) is 9.42. The maximum atomic E-state index is 13.1. The van der Waals surface area contributed by atoms with Crippen LogP contribution in [0.3, 0.4) is 0 Å². The summed E-state index contributed by atoms with van der Waals surface area (Å²) >= 11 is 0. The number of nitrogens with one attached hydrogen (secondary N) is 1. The van der Waals surface area contributed by atoms with E-state index in [0.717, 1.165) is 0 Å². The van der Waals surface area contributed by atoms with Gasteiger partial charge in [-0.15, -0.1) is 0 Å². The molecule has 0 aromatic heterocycles. The van der Waals surface area contributed by atoms with Crippen LogP contribution in [0.5, 0.6) is 5.75 Å². The average Bonchev–Trinajstić information content (AvgIpc) is 3.22. The first-order chi connectivity index (χ1) is 17.7. The van der Waals surface area contributed by atoms with Crippen LogP contribution in [-0.4, -0.2) is 91.3 Å². The first-order valence-electron chi connectivity index (χ1n) is 12.2. The predicted octanol–water partition coefficient (Wildman–Crippen LogP) is -1.22. The van der Waals surface area contributed by atoms with Crippen molar-refractivity contribution in [3.8, 4) is 5.75 Å². The number of benzene rings is 2. The number of fused-ring (bicyclic) bond motifs is 1. The van der Waals surface area contributed by atoms with Gasteiger partial charge in [-0.1, -0.05) is 29.1 Å². The van der Waals surface area contributed by atoms with Crippen LogP contribution in [0.15, 0.2) is 30.3 Å². The van der Waals surface area contributed by atoms with E-state index in [1.54, 1.807) is 30.3 Å². The summed E-state index contributed by atoms with van der Waals surface area (Å²) in [5, 5.41) is 2.30. The molecule has 12 heteroatoms. The maximum Gasteiger partial charge on any atom is 0.255 e. The van der Waals surface area contributed by atoms with E-state index in [1.165, 1.54) is 4.90 Å². The Morgan fingerprint density at radius 1 is 1.03 bits per heavy atom. The number of rotatable bonds is 6. The van der Waals surface area contributed by atoms with E-state index in [1.807, 2.05) is 0 Å². The smallest absolute Gasteiger partial charge is 0.255 e. The minimum absolute atomic E-state index is 0.161. The highest BCUT2D eigenvalue weighted by Crippen LogP contribution is 2.35. The molecule has 0 bridgehead atoms. The molecule has 3 unspecified atom stereocenters. The van der Waals surface area contributed by atoms with Crippen molar-refractivity contribution in [2.75, 3.05) is 26.3 Å². The third-order valence-electron chi connectivity index (χ3n) is 7.15. The molecule has 3 heterocycles. The number of piperidine rings is 1. The van der Waals surface area contributed by atoms with E-state index in [9.17, 15) is 14.4 Å². The highest BCUT2D eigenvalue weighted by atomic mass is 16.5. The Bertz CT molecular complexity index is 1250. The molecule has 3 atom stereocenters. The fourth-order valence-corrected chi connectivity index (χ4v) is 5.09. The van der Waals surface area contributed by atoms with E-state index in [4.69, 9.17) is 40.9 Å². The third-order valence-corrected chi connectivity index (χ3v) is 7.15. The highest BCUT2D eigenvalue weighted by molar-refractivity contribution is 6.38. The number of ether oxygens (including phenoxy) is 2. The summed E-state index contributed by atoms with van der Waals surface area (Å²) in [6, 6.07) is 6.77. The van der Waals surface area contributed by atoms with Gasteiger partial charge in [-0.05, 0) is 35.6 Å². The molecule has 0 saturated carbocycles. The predicted molar refractivity (Wildman–Crippen MR) is 140 cm³/mol. The number of imide groups is 1. The molecular weight excluding hydrogens is 466 g/mol. The normalized spacial score (nSPS) is 21.9. The molecule has 37 heavy (non-hydrogen) atoms. The molecule has 180 valence electrons. The van der Waals surface area contributed by atoms with Gasteiger partial charge in [0.1, 0.15) is 35.3 Å². The van der Waals surface area contributed by atoms with Crippen molar-refractivity contribution in [2.24, 2.45) is 0 Å². The number of hydrogen-bond donors (Lipinski definition) is 1. The molecule has 2 saturated heterocycles. The van der Waals surface area contributed by atoms with E-state index < -0.39 is 23.9 Å². The number of hydrogen-bond acceptors (Lipinski definition) is 6. The molecule has 0 spiro atoms. The van der Waals surface area contributed by atoms with Crippen molar-refractivity contribution in [1.82, 2.24) is 15.1 Å². The zero-order valence-corrected chi connectivity index (χ0v) is 20.3. The summed E-state index contributed by atoms with van der Waals surface area (Å²) in [4.78, 5) is 40.5. The first-order valence-corrected chi connectivity index (χ1v) is 12.2. The van der Waals surface area contributed by atoms with E-state index in [-0.39, 0.29) is 31.2 Å².